The van der Waals surface area contributed by atoms with Crippen molar-refractivity contribution in [1.29, 1.82) is 0 Å². The molecule has 1 saturated heterocycles. The van der Waals surface area contributed by atoms with Crippen LogP contribution in [0.1, 0.15) is 27.2 Å². The number of carbonyl (C=O) groups excluding carboxylic acids is 1. The molecule has 0 bridgehead atoms. The topological polar surface area (TPSA) is 98.5 Å². The zero-order valence-corrected chi connectivity index (χ0v) is 10.4. The fraction of sp³-hybridized carbons (Fsp3) is 0.900. The second-order valence-electron chi connectivity index (χ2n) is 5.27. The quantitative estimate of drug-likeness (QED) is 0.453. The van der Waals surface area contributed by atoms with Gasteiger partial charge in [-0.05, 0) is 32.7 Å². The first kappa shape index (κ1) is 13.6. The molecule has 0 unspecified atom stereocenters. The number of carbonyl (C=O) groups is 1. The monoisotopic (exact) mass is 242 g/mol. The normalized spacial score (nSPS) is 24.4. The molecule has 96 valence electrons. The number of likely N-dealkylation sites (tertiary alicyclic amines) is 1. The third kappa shape index (κ3) is 4.13. The number of azide groups is 1. The molecule has 17 heavy (non-hydrogen) atoms. The van der Waals surface area contributed by atoms with Gasteiger partial charge in [-0.1, -0.05) is 5.11 Å². The highest BCUT2D eigenvalue weighted by molar-refractivity contribution is 5.68. The largest absolute Gasteiger partial charge is 0.444 e. The Morgan fingerprint density at radius 3 is 2.82 bits per heavy atom. The summed E-state index contributed by atoms with van der Waals surface area (Å²) < 4.78 is 5.19. The Balaban J connectivity index is 2.55. The molecular formula is C10H18N4O3. The maximum Gasteiger partial charge on any atom is 0.410 e. The number of rotatable bonds is 2. The smallest absolute Gasteiger partial charge is 0.410 e. The Morgan fingerprint density at radius 2 is 2.29 bits per heavy atom. The average Bonchev–Trinajstić information content (AvgIpc) is 2.56. The molecule has 0 spiro atoms. The standard InChI is InChI=1S/C10H18N4O3/c1-9(2,3)17-8(15)14-5-4-10(16,7-14)6-12-13-11/h16H,4-7H2,1-3H3/t10-/m1/s1. The molecule has 0 radical (unpaired) electrons. The predicted molar refractivity (Wildman–Crippen MR) is 61.4 cm³/mol. The van der Waals surface area contributed by atoms with Crippen LogP contribution in [0, 0.1) is 0 Å². The number of ether oxygens (including phenoxy) is 1. The van der Waals surface area contributed by atoms with Crippen molar-refractivity contribution in [3.8, 4) is 0 Å². The Labute approximate surface area is 100.0 Å². The summed E-state index contributed by atoms with van der Waals surface area (Å²) in [4.78, 5) is 15.7. The van der Waals surface area contributed by atoms with E-state index in [1.165, 1.54) is 4.90 Å². The minimum atomic E-state index is -1.12. The summed E-state index contributed by atoms with van der Waals surface area (Å²) in [5, 5.41) is 13.4. The molecule has 1 fully saturated rings. The van der Waals surface area contributed by atoms with E-state index in [9.17, 15) is 9.90 Å². The SMILES string of the molecule is CC(C)(C)OC(=O)N1CC[C@@](O)(CN=[N+]=[N-])C1. The maximum absolute atomic E-state index is 11.7. The van der Waals surface area contributed by atoms with E-state index in [2.05, 4.69) is 10.0 Å². The number of hydrogen-bond acceptors (Lipinski definition) is 4. The highest BCUT2D eigenvalue weighted by Crippen LogP contribution is 2.23. The lowest BCUT2D eigenvalue weighted by Crippen LogP contribution is -2.40. The van der Waals surface area contributed by atoms with Crippen LogP contribution >= 0.6 is 0 Å². The van der Waals surface area contributed by atoms with Crippen LogP contribution in [-0.2, 0) is 4.74 Å². The summed E-state index contributed by atoms with van der Waals surface area (Å²) in [6, 6.07) is 0. The third-order valence-electron chi connectivity index (χ3n) is 2.41. The first-order valence-electron chi connectivity index (χ1n) is 5.47. The van der Waals surface area contributed by atoms with Crippen LogP contribution in [0.5, 0.6) is 0 Å². The van der Waals surface area contributed by atoms with Gasteiger partial charge in [-0.25, -0.2) is 4.79 Å². The molecule has 1 rings (SSSR count). The highest BCUT2D eigenvalue weighted by atomic mass is 16.6. The fourth-order valence-electron chi connectivity index (χ4n) is 1.63. The number of hydrogen-bond donors (Lipinski definition) is 1. The lowest BCUT2D eigenvalue weighted by molar-refractivity contribution is 0.0175. The molecule has 0 saturated carbocycles. The van der Waals surface area contributed by atoms with E-state index in [-0.39, 0.29) is 13.1 Å². The third-order valence-corrected chi connectivity index (χ3v) is 2.41. The average molecular weight is 242 g/mol. The second kappa shape index (κ2) is 4.81. The summed E-state index contributed by atoms with van der Waals surface area (Å²) >= 11 is 0. The van der Waals surface area contributed by atoms with Crippen LogP contribution in [0.25, 0.3) is 10.4 Å². The lowest BCUT2D eigenvalue weighted by atomic mass is 10.0. The Kier molecular flexibility index (Phi) is 3.85. The van der Waals surface area contributed by atoms with Crippen LogP contribution in [0.15, 0.2) is 5.11 Å². The Morgan fingerprint density at radius 1 is 1.65 bits per heavy atom. The number of amides is 1. The lowest BCUT2D eigenvalue weighted by Gasteiger charge is -2.25. The van der Waals surface area contributed by atoms with E-state index in [1.54, 1.807) is 20.8 Å². The van der Waals surface area contributed by atoms with Gasteiger partial charge in [0, 0.05) is 11.5 Å². The van der Waals surface area contributed by atoms with E-state index < -0.39 is 17.3 Å². The molecule has 7 heteroatoms. The van der Waals surface area contributed by atoms with Gasteiger partial charge >= 0.3 is 6.09 Å². The van der Waals surface area contributed by atoms with Crippen LogP contribution in [-0.4, -0.2) is 46.9 Å². The molecule has 1 atom stereocenters. The molecule has 1 heterocycles. The summed E-state index contributed by atoms with van der Waals surface area (Å²) in [7, 11) is 0. The van der Waals surface area contributed by atoms with Crippen LogP contribution in [0.3, 0.4) is 0 Å². The molecule has 1 aliphatic heterocycles. The molecule has 1 N–H and O–H groups in total. The van der Waals surface area contributed by atoms with Gasteiger partial charge < -0.3 is 14.7 Å². The minimum absolute atomic E-state index is 0.0250. The van der Waals surface area contributed by atoms with Crippen molar-refractivity contribution in [3.63, 3.8) is 0 Å². The van der Waals surface area contributed by atoms with Crippen molar-refractivity contribution in [3.05, 3.63) is 10.4 Å². The zero-order chi connectivity index (χ0) is 13.1. The summed E-state index contributed by atoms with van der Waals surface area (Å²) in [5.41, 5.74) is 6.54. The van der Waals surface area contributed by atoms with E-state index in [0.717, 1.165) is 0 Å². The van der Waals surface area contributed by atoms with E-state index in [0.29, 0.717) is 13.0 Å². The molecule has 1 amide bonds. The first-order chi connectivity index (χ1) is 7.76. The number of β-amino-alcohol motifs (C(OH)–C–C–N with tert-alkyl or cyclic N) is 1. The number of nitrogens with zero attached hydrogens (tertiary/aromatic N) is 4. The summed E-state index contributed by atoms with van der Waals surface area (Å²) in [5.74, 6) is 0. The molecule has 0 aromatic carbocycles. The van der Waals surface area contributed by atoms with Gasteiger partial charge in [0.25, 0.3) is 0 Å². The van der Waals surface area contributed by atoms with Crippen molar-refractivity contribution in [1.82, 2.24) is 4.90 Å². The molecule has 1 aliphatic rings. The van der Waals surface area contributed by atoms with Crippen LogP contribution in [0.4, 0.5) is 4.79 Å². The minimum Gasteiger partial charge on any atom is -0.444 e. The van der Waals surface area contributed by atoms with Crippen molar-refractivity contribution in [2.45, 2.75) is 38.4 Å². The van der Waals surface area contributed by atoms with E-state index in [4.69, 9.17) is 10.3 Å². The predicted octanol–water partition coefficient (Wildman–Crippen LogP) is 1.67. The Hall–Kier alpha value is -1.46. The fourth-order valence-corrected chi connectivity index (χ4v) is 1.63. The highest BCUT2D eigenvalue weighted by Gasteiger charge is 2.39. The molecule has 0 aromatic rings. The van der Waals surface area contributed by atoms with Gasteiger partial charge in [0.1, 0.15) is 5.60 Å². The van der Waals surface area contributed by atoms with Gasteiger partial charge in [-0.15, -0.1) is 0 Å². The maximum atomic E-state index is 11.7. The van der Waals surface area contributed by atoms with Crippen LogP contribution < -0.4 is 0 Å². The van der Waals surface area contributed by atoms with Crippen molar-refractivity contribution in [2.75, 3.05) is 19.6 Å². The van der Waals surface area contributed by atoms with Crippen molar-refractivity contribution in [2.24, 2.45) is 5.11 Å². The van der Waals surface area contributed by atoms with Gasteiger partial charge in [0.2, 0.25) is 0 Å². The van der Waals surface area contributed by atoms with Gasteiger partial charge in [0.05, 0.1) is 18.7 Å². The number of aliphatic hydroxyl groups is 1. The molecule has 0 aliphatic carbocycles. The molecular weight excluding hydrogens is 224 g/mol. The second-order valence-corrected chi connectivity index (χ2v) is 5.27. The zero-order valence-electron chi connectivity index (χ0n) is 10.4. The van der Waals surface area contributed by atoms with Gasteiger partial charge in [0.15, 0.2) is 0 Å². The van der Waals surface area contributed by atoms with E-state index >= 15 is 0 Å². The summed E-state index contributed by atoms with van der Waals surface area (Å²) in [6.45, 7) is 5.88. The van der Waals surface area contributed by atoms with Gasteiger partial charge in [-0.3, -0.25) is 0 Å². The van der Waals surface area contributed by atoms with Crippen molar-refractivity contribution < 1.29 is 14.6 Å². The first-order valence-corrected chi connectivity index (χ1v) is 5.47. The molecule has 0 aromatic heterocycles. The van der Waals surface area contributed by atoms with Crippen molar-refractivity contribution >= 4 is 6.09 Å². The van der Waals surface area contributed by atoms with Gasteiger partial charge in [-0.2, -0.15) is 0 Å². The molecule has 7 nitrogen and oxygen atoms in total. The van der Waals surface area contributed by atoms with E-state index in [1.807, 2.05) is 0 Å². The summed E-state index contributed by atoms with van der Waals surface area (Å²) in [6.07, 6.45) is -0.0556. The van der Waals surface area contributed by atoms with Crippen LogP contribution in [0.2, 0.25) is 0 Å². The Bertz CT molecular complexity index is 346.